The maximum absolute atomic E-state index is 4.76. The molecule has 0 fully saturated rings. The molecule has 3 heteroatoms. The Morgan fingerprint density at radius 3 is 2.12 bits per heavy atom. The predicted molar refractivity (Wildman–Crippen MR) is 103 cm³/mol. The van der Waals surface area contributed by atoms with E-state index >= 15 is 0 Å². The maximum Gasteiger partial charge on any atom is 0.140 e. The highest BCUT2D eigenvalue weighted by molar-refractivity contribution is 5.79. The van der Waals surface area contributed by atoms with Crippen LogP contribution in [0, 0.1) is 20.8 Å². The molecule has 1 N–H and O–H groups in total. The first-order valence-corrected chi connectivity index (χ1v) is 8.18. The quantitative estimate of drug-likeness (QED) is 0.687. The predicted octanol–water partition coefficient (Wildman–Crippen LogP) is 5.52. The summed E-state index contributed by atoms with van der Waals surface area (Å²) in [7, 11) is 1.89. The van der Waals surface area contributed by atoms with E-state index in [9.17, 15) is 0 Å². The lowest BCUT2D eigenvalue weighted by atomic mass is 10.0. The second-order valence-corrected chi connectivity index (χ2v) is 6.05. The van der Waals surface area contributed by atoms with Gasteiger partial charge in [0.05, 0.1) is 5.69 Å². The van der Waals surface area contributed by atoms with Gasteiger partial charge in [0, 0.05) is 12.7 Å². The molecule has 0 saturated carbocycles. The molecule has 122 valence electrons. The first-order valence-electron chi connectivity index (χ1n) is 8.18. The van der Waals surface area contributed by atoms with E-state index in [1.165, 1.54) is 22.4 Å². The van der Waals surface area contributed by atoms with Crippen molar-refractivity contribution in [2.75, 3.05) is 17.3 Å². The molecule has 3 nitrogen and oxygen atoms in total. The van der Waals surface area contributed by atoms with Crippen LogP contribution in [0.2, 0.25) is 0 Å². The van der Waals surface area contributed by atoms with Crippen LogP contribution in [0.1, 0.15) is 16.7 Å². The zero-order valence-corrected chi connectivity index (χ0v) is 14.7. The Balaban J connectivity index is 2.24. The molecule has 0 bridgehead atoms. The summed E-state index contributed by atoms with van der Waals surface area (Å²) in [4.78, 5) is 6.99. The standard InChI is InChI=1S/C21H23N3/c1-15-13-16(2)21(17(3)14-15)24(18-9-6-5-7-10-18)20-12-8-11-19(22-4)23-20/h5-14H,1-4H3,(H,22,23). The minimum Gasteiger partial charge on any atom is -0.373 e. The van der Waals surface area contributed by atoms with Crippen molar-refractivity contribution < 1.29 is 0 Å². The molecule has 0 aliphatic heterocycles. The summed E-state index contributed by atoms with van der Waals surface area (Å²) < 4.78 is 0. The van der Waals surface area contributed by atoms with Gasteiger partial charge in [0.2, 0.25) is 0 Å². The van der Waals surface area contributed by atoms with Gasteiger partial charge in [0.15, 0.2) is 0 Å². The minimum atomic E-state index is 0.857. The molecule has 0 saturated heterocycles. The first kappa shape index (κ1) is 16.1. The molecule has 0 spiro atoms. The highest BCUT2D eigenvalue weighted by Crippen LogP contribution is 2.38. The van der Waals surface area contributed by atoms with Gasteiger partial charge in [0.25, 0.3) is 0 Å². The van der Waals surface area contributed by atoms with E-state index in [2.05, 4.69) is 67.4 Å². The number of para-hydroxylation sites is 1. The van der Waals surface area contributed by atoms with Crippen LogP contribution in [-0.2, 0) is 0 Å². The van der Waals surface area contributed by atoms with E-state index in [4.69, 9.17) is 4.98 Å². The normalized spacial score (nSPS) is 10.5. The zero-order chi connectivity index (χ0) is 17.1. The molecule has 0 unspecified atom stereocenters. The topological polar surface area (TPSA) is 28.2 Å². The van der Waals surface area contributed by atoms with Crippen molar-refractivity contribution in [1.82, 2.24) is 4.98 Å². The van der Waals surface area contributed by atoms with Crippen LogP contribution in [0.4, 0.5) is 23.0 Å². The van der Waals surface area contributed by atoms with E-state index in [0.29, 0.717) is 0 Å². The van der Waals surface area contributed by atoms with Crippen LogP contribution in [0.25, 0.3) is 0 Å². The summed E-state index contributed by atoms with van der Waals surface area (Å²) in [6, 6.07) is 20.9. The van der Waals surface area contributed by atoms with E-state index in [0.717, 1.165) is 17.3 Å². The Hall–Kier alpha value is -2.81. The molecule has 3 aromatic rings. The second-order valence-electron chi connectivity index (χ2n) is 6.05. The number of hydrogen-bond acceptors (Lipinski definition) is 3. The first-order chi connectivity index (χ1) is 11.6. The third kappa shape index (κ3) is 3.11. The summed E-state index contributed by atoms with van der Waals surface area (Å²) >= 11 is 0. The SMILES string of the molecule is CNc1cccc(N(c2ccccc2)c2c(C)cc(C)cc2C)n1. The molecule has 1 aromatic heterocycles. The number of anilines is 4. The third-order valence-electron chi connectivity index (χ3n) is 4.09. The van der Waals surface area contributed by atoms with Crippen molar-refractivity contribution in [3.05, 3.63) is 77.4 Å². The lowest BCUT2D eigenvalue weighted by molar-refractivity contribution is 1.14. The number of nitrogens with one attached hydrogen (secondary N) is 1. The average molecular weight is 317 g/mol. The van der Waals surface area contributed by atoms with Gasteiger partial charge in [0.1, 0.15) is 11.6 Å². The van der Waals surface area contributed by atoms with Gasteiger partial charge in [-0.15, -0.1) is 0 Å². The average Bonchev–Trinajstić information content (AvgIpc) is 2.58. The molecule has 24 heavy (non-hydrogen) atoms. The fraction of sp³-hybridized carbons (Fsp3) is 0.190. The van der Waals surface area contributed by atoms with Crippen molar-refractivity contribution in [1.29, 1.82) is 0 Å². The molecule has 0 amide bonds. The van der Waals surface area contributed by atoms with Gasteiger partial charge in [-0.1, -0.05) is 42.0 Å². The Kier molecular flexibility index (Phi) is 4.52. The van der Waals surface area contributed by atoms with Crippen LogP contribution < -0.4 is 10.2 Å². The fourth-order valence-electron chi connectivity index (χ4n) is 3.17. The Morgan fingerprint density at radius 1 is 0.833 bits per heavy atom. The third-order valence-corrected chi connectivity index (χ3v) is 4.09. The monoisotopic (exact) mass is 317 g/mol. The molecule has 0 aliphatic carbocycles. The number of aryl methyl sites for hydroxylation is 3. The van der Waals surface area contributed by atoms with Gasteiger partial charge in [-0.05, 0) is 56.2 Å². The van der Waals surface area contributed by atoms with Crippen molar-refractivity contribution in [2.45, 2.75) is 20.8 Å². The molecule has 1 heterocycles. The molecule has 2 aromatic carbocycles. The molecule has 0 atom stereocenters. The van der Waals surface area contributed by atoms with Crippen molar-refractivity contribution >= 4 is 23.0 Å². The van der Waals surface area contributed by atoms with Crippen LogP contribution >= 0.6 is 0 Å². The second kappa shape index (κ2) is 6.75. The fourth-order valence-corrected chi connectivity index (χ4v) is 3.17. The van der Waals surface area contributed by atoms with Gasteiger partial charge < -0.3 is 5.32 Å². The van der Waals surface area contributed by atoms with Crippen molar-refractivity contribution in [2.24, 2.45) is 0 Å². The highest BCUT2D eigenvalue weighted by Gasteiger charge is 2.18. The summed E-state index contributed by atoms with van der Waals surface area (Å²) in [5.74, 6) is 1.76. The number of pyridine rings is 1. The van der Waals surface area contributed by atoms with Gasteiger partial charge in [-0.2, -0.15) is 0 Å². The van der Waals surface area contributed by atoms with E-state index < -0.39 is 0 Å². The number of hydrogen-bond donors (Lipinski definition) is 1. The Bertz CT molecular complexity index is 818. The van der Waals surface area contributed by atoms with Gasteiger partial charge >= 0.3 is 0 Å². The lowest BCUT2D eigenvalue weighted by Crippen LogP contribution is -2.14. The summed E-state index contributed by atoms with van der Waals surface area (Å²) in [6.07, 6.45) is 0. The Morgan fingerprint density at radius 2 is 1.50 bits per heavy atom. The molecular weight excluding hydrogens is 294 g/mol. The Labute approximate surface area is 144 Å². The van der Waals surface area contributed by atoms with Crippen LogP contribution in [-0.4, -0.2) is 12.0 Å². The maximum atomic E-state index is 4.76. The summed E-state index contributed by atoms with van der Waals surface area (Å²) in [5, 5.41) is 3.13. The van der Waals surface area contributed by atoms with E-state index in [-0.39, 0.29) is 0 Å². The van der Waals surface area contributed by atoms with E-state index in [1.54, 1.807) is 0 Å². The molecular formula is C21H23N3. The number of rotatable bonds is 4. The number of benzene rings is 2. The van der Waals surface area contributed by atoms with Crippen LogP contribution in [0.15, 0.2) is 60.7 Å². The lowest BCUT2D eigenvalue weighted by Gasteiger charge is -2.28. The minimum absolute atomic E-state index is 0.857. The van der Waals surface area contributed by atoms with Crippen molar-refractivity contribution in [3.8, 4) is 0 Å². The highest BCUT2D eigenvalue weighted by atomic mass is 15.2. The van der Waals surface area contributed by atoms with Crippen LogP contribution in [0.5, 0.6) is 0 Å². The molecule has 0 radical (unpaired) electrons. The summed E-state index contributed by atoms with van der Waals surface area (Å²) in [6.45, 7) is 6.46. The van der Waals surface area contributed by atoms with Gasteiger partial charge in [-0.3, -0.25) is 4.90 Å². The number of nitrogens with zero attached hydrogens (tertiary/aromatic N) is 2. The largest absolute Gasteiger partial charge is 0.373 e. The number of aromatic nitrogens is 1. The molecule has 3 rings (SSSR count). The van der Waals surface area contributed by atoms with Crippen molar-refractivity contribution in [3.63, 3.8) is 0 Å². The molecule has 0 aliphatic rings. The zero-order valence-electron chi connectivity index (χ0n) is 14.7. The summed E-state index contributed by atoms with van der Waals surface area (Å²) in [5.41, 5.74) is 6.06. The van der Waals surface area contributed by atoms with E-state index in [1.807, 2.05) is 31.3 Å². The van der Waals surface area contributed by atoms with Crippen LogP contribution in [0.3, 0.4) is 0 Å². The van der Waals surface area contributed by atoms with Gasteiger partial charge in [-0.25, -0.2) is 4.98 Å². The smallest absolute Gasteiger partial charge is 0.140 e.